The van der Waals surface area contributed by atoms with Crippen LogP contribution in [0.5, 0.6) is 0 Å². The Balaban J connectivity index is 1.73. The summed E-state index contributed by atoms with van der Waals surface area (Å²) in [7, 11) is -3.92. The number of nitrogens with zero attached hydrogens (tertiary/aromatic N) is 1. The lowest BCUT2D eigenvalue weighted by Gasteiger charge is -2.26. The summed E-state index contributed by atoms with van der Waals surface area (Å²) in [6.45, 7) is 1.76. The van der Waals surface area contributed by atoms with Crippen LogP contribution >= 0.6 is 0 Å². The summed E-state index contributed by atoms with van der Waals surface area (Å²) >= 11 is 0. The van der Waals surface area contributed by atoms with E-state index >= 15 is 0 Å². The first-order chi connectivity index (χ1) is 12.3. The third-order valence-corrected chi connectivity index (χ3v) is 5.85. The van der Waals surface area contributed by atoms with Crippen LogP contribution in [-0.2, 0) is 16.2 Å². The van der Waals surface area contributed by atoms with Crippen LogP contribution in [0.2, 0.25) is 0 Å². The van der Waals surface area contributed by atoms with Crippen molar-refractivity contribution in [2.24, 2.45) is 0 Å². The third-order valence-electron chi connectivity index (χ3n) is 4.41. The van der Waals surface area contributed by atoms with Gasteiger partial charge in [-0.05, 0) is 62.3 Å². The van der Waals surface area contributed by atoms with Crippen molar-refractivity contribution in [1.29, 1.82) is 0 Å². The van der Waals surface area contributed by atoms with Gasteiger partial charge in [0.15, 0.2) is 0 Å². The molecule has 1 N–H and O–H groups in total. The van der Waals surface area contributed by atoms with E-state index in [1.54, 1.807) is 12.1 Å². The first kappa shape index (κ1) is 18.9. The number of likely N-dealkylation sites (tertiary alicyclic amines) is 1. The van der Waals surface area contributed by atoms with Gasteiger partial charge in [-0.2, -0.15) is 13.2 Å². The van der Waals surface area contributed by atoms with Crippen LogP contribution in [-0.4, -0.2) is 33.0 Å². The molecule has 1 saturated heterocycles. The van der Waals surface area contributed by atoms with Crippen molar-refractivity contribution in [3.05, 3.63) is 54.0 Å². The number of nitrogens with one attached hydrogen (secondary N) is 1. The van der Waals surface area contributed by atoms with E-state index in [4.69, 9.17) is 4.42 Å². The maximum atomic E-state index is 12.6. The van der Waals surface area contributed by atoms with Gasteiger partial charge in [0.1, 0.15) is 5.76 Å². The van der Waals surface area contributed by atoms with Crippen molar-refractivity contribution in [2.75, 3.05) is 19.6 Å². The van der Waals surface area contributed by atoms with Crippen LogP contribution < -0.4 is 4.72 Å². The number of halogens is 3. The van der Waals surface area contributed by atoms with Gasteiger partial charge >= 0.3 is 6.18 Å². The van der Waals surface area contributed by atoms with Gasteiger partial charge in [0.2, 0.25) is 10.0 Å². The molecule has 1 unspecified atom stereocenters. The number of hydrogen-bond donors (Lipinski definition) is 1. The smallest absolute Gasteiger partial charge is 0.416 e. The molecular weight excluding hydrogens is 369 g/mol. The van der Waals surface area contributed by atoms with Crippen molar-refractivity contribution in [3.63, 3.8) is 0 Å². The summed E-state index contributed by atoms with van der Waals surface area (Å²) in [6.07, 6.45) is -0.912. The lowest BCUT2D eigenvalue weighted by molar-refractivity contribution is -0.137. The largest absolute Gasteiger partial charge is 0.468 e. The molecule has 0 spiro atoms. The van der Waals surface area contributed by atoms with Gasteiger partial charge in [-0.3, -0.25) is 4.90 Å². The second-order valence-corrected chi connectivity index (χ2v) is 7.92. The Hall–Kier alpha value is -1.84. The van der Waals surface area contributed by atoms with Crippen molar-refractivity contribution in [1.82, 2.24) is 9.62 Å². The fraction of sp³-hybridized carbons (Fsp3) is 0.412. The van der Waals surface area contributed by atoms with Gasteiger partial charge in [0.05, 0.1) is 22.8 Å². The topological polar surface area (TPSA) is 62.6 Å². The molecule has 0 radical (unpaired) electrons. The molecule has 9 heteroatoms. The molecule has 0 saturated carbocycles. The third kappa shape index (κ3) is 4.28. The normalized spacial score (nSPS) is 17.5. The van der Waals surface area contributed by atoms with Crippen molar-refractivity contribution in [3.8, 4) is 0 Å². The number of benzene rings is 1. The Bertz CT molecular complexity index is 812. The van der Waals surface area contributed by atoms with E-state index in [0.29, 0.717) is 5.76 Å². The molecule has 1 fully saturated rings. The highest BCUT2D eigenvalue weighted by molar-refractivity contribution is 7.89. The Morgan fingerprint density at radius 2 is 1.77 bits per heavy atom. The molecule has 142 valence electrons. The number of alkyl halides is 3. The van der Waals surface area contributed by atoms with Gasteiger partial charge in [0.25, 0.3) is 0 Å². The molecule has 2 heterocycles. The Kier molecular flexibility index (Phi) is 5.40. The minimum Gasteiger partial charge on any atom is -0.468 e. The predicted octanol–water partition coefficient (Wildman–Crippen LogP) is 3.41. The zero-order valence-electron chi connectivity index (χ0n) is 13.9. The van der Waals surface area contributed by atoms with Gasteiger partial charge in [0, 0.05) is 6.54 Å². The van der Waals surface area contributed by atoms with E-state index in [2.05, 4.69) is 9.62 Å². The molecule has 5 nitrogen and oxygen atoms in total. The standard InChI is InChI=1S/C17H19F3N2O3S/c18-17(19,20)13-5-7-14(8-6-13)26(23,24)21-12-15(16-4-3-11-25-16)22-9-1-2-10-22/h3-8,11,15,21H,1-2,9-10,12H2. The molecule has 1 atom stereocenters. The Morgan fingerprint density at radius 3 is 2.31 bits per heavy atom. The summed E-state index contributed by atoms with van der Waals surface area (Å²) in [5.74, 6) is 0.655. The molecule has 1 aliphatic rings. The van der Waals surface area contributed by atoms with E-state index in [0.717, 1.165) is 50.2 Å². The summed E-state index contributed by atoms with van der Waals surface area (Å²) in [5, 5.41) is 0. The monoisotopic (exact) mass is 388 g/mol. The average Bonchev–Trinajstić information content (AvgIpc) is 3.28. The highest BCUT2D eigenvalue weighted by Gasteiger charge is 2.31. The molecule has 1 aliphatic heterocycles. The second kappa shape index (κ2) is 7.42. The van der Waals surface area contributed by atoms with Crippen LogP contribution in [0.1, 0.15) is 30.2 Å². The minimum absolute atomic E-state index is 0.0802. The van der Waals surface area contributed by atoms with Gasteiger partial charge < -0.3 is 4.42 Å². The summed E-state index contributed by atoms with van der Waals surface area (Å²) in [5.41, 5.74) is -0.887. The lowest BCUT2D eigenvalue weighted by Crippen LogP contribution is -2.36. The number of rotatable bonds is 6. The minimum atomic E-state index is -4.50. The van der Waals surface area contributed by atoms with E-state index < -0.39 is 21.8 Å². The van der Waals surface area contributed by atoms with E-state index in [1.807, 2.05) is 0 Å². The van der Waals surface area contributed by atoms with E-state index in [9.17, 15) is 21.6 Å². The predicted molar refractivity (Wildman–Crippen MR) is 88.9 cm³/mol. The van der Waals surface area contributed by atoms with Crippen LogP contribution in [0.15, 0.2) is 52.0 Å². The number of sulfonamides is 1. The van der Waals surface area contributed by atoms with Crippen LogP contribution in [0.3, 0.4) is 0 Å². The molecule has 3 rings (SSSR count). The molecule has 1 aromatic heterocycles. The molecule has 2 aromatic rings. The molecular formula is C17H19F3N2O3S. The van der Waals surface area contributed by atoms with Crippen LogP contribution in [0.4, 0.5) is 13.2 Å². The Labute approximate surface area is 149 Å². The highest BCUT2D eigenvalue weighted by atomic mass is 32.2. The molecule has 0 aliphatic carbocycles. The summed E-state index contributed by atoms with van der Waals surface area (Å²) in [4.78, 5) is 1.93. The zero-order valence-corrected chi connectivity index (χ0v) is 14.7. The lowest BCUT2D eigenvalue weighted by atomic mass is 10.2. The van der Waals surface area contributed by atoms with Gasteiger partial charge in [-0.25, -0.2) is 13.1 Å². The number of hydrogen-bond acceptors (Lipinski definition) is 4. The van der Waals surface area contributed by atoms with Gasteiger partial charge in [-0.1, -0.05) is 0 Å². The van der Waals surface area contributed by atoms with Crippen molar-refractivity contribution >= 4 is 10.0 Å². The average molecular weight is 388 g/mol. The maximum Gasteiger partial charge on any atom is 0.416 e. The summed E-state index contributed by atoms with van der Waals surface area (Å²) < 4.78 is 70.7. The maximum absolute atomic E-state index is 12.6. The highest BCUT2D eigenvalue weighted by Crippen LogP contribution is 2.30. The molecule has 0 bridgehead atoms. The van der Waals surface area contributed by atoms with E-state index in [1.165, 1.54) is 6.26 Å². The van der Waals surface area contributed by atoms with Crippen molar-refractivity contribution < 1.29 is 26.0 Å². The van der Waals surface area contributed by atoms with Crippen LogP contribution in [0.25, 0.3) is 0 Å². The van der Waals surface area contributed by atoms with E-state index in [-0.39, 0.29) is 17.5 Å². The van der Waals surface area contributed by atoms with Crippen molar-refractivity contribution in [2.45, 2.75) is 30.0 Å². The number of furan rings is 1. The first-order valence-corrected chi connectivity index (χ1v) is 9.70. The zero-order chi connectivity index (χ0) is 18.8. The SMILES string of the molecule is O=S(=O)(NCC(c1ccco1)N1CCCC1)c1ccc(C(F)(F)F)cc1. The Morgan fingerprint density at radius 1 is 1.12 bits per heavy atom. The summed E-state index contributed by atoms with van der Waals surface area (Å²) in [6, 6.07) is 6.72. The molecule has 0 amide bonds. The quantitative estimate of drug-likeness (QED) is 0.824. The molecule has 1 aromatic carbocycles. The molecule has 26 heavy (non-hydrogen) atoms. The fourth-order valence-electron chi connectivity index (χ4n) is 3.04. The van der Waals surface area contributed by atoms with Crippen LogP contribution in [0, 0.1) is 0 Å². The second-order valence-electron chi connectivity index (χ2n) is 6.15. The van der Waals surface area contributed by atoms with Gasteiger partial charge in [-0.15, -0.1) is 0 Å². The first-order valence-electron chi connectivity index (χ1n) is 8.22. The fourth-order valence-corrected chi connectivity index (χ4v) is 4.08.